The van der Waals surface area contributed by atoms with Gasteiger partial charge < -0.3 is 11.1 Å². The molecule has 1 heterocycles. The van der Waals surface area contributed by atoms with Gasteiger partial charge in [0.2, 0.25) is 0 Å². The van der Waals surface area contributed by atoms with E-state index in [1.165, 1.54) is 18.6 Å². The second-order valence-electron chi connectivity index (χ2n) is 3.76. The standard InChI is InChI=1S/C9H14N4O/c1-9(2,10)6-13-8(14)7-5-11-3-4-12-7/h3-5H,6,10H2,1-2H3,(H,13,14). The number of nitrogens with two attached hydrogens (primary N) is 1. The van der Waals surface area contributed by atoms with Gasteiger partial charge in [0.15, 0.2) is 0 Å². The maximum absolute atomic E-state index is 11.4. The maximum Gasteiger partial charge on any atom is 0.271 e. The number of nitrogens with one attached hydrogen (secondary N) is 1. The van der Waals surface area contributed by atoms with Crippen LogP contribution in [0.1, 0.15) is 24.3 Å². The summed E-state index contributed by atoms with van der Waals surface area (Å²) in [6.45, 7) is 4.08. The molecule has 0 aromatic carbocycles. The third-order valence-corrected chi connectivity index (χ3v) is 1.50. The van der Waals surface area contributed by atoms with Crippen LogP contribution in [0, 0.1) is 0 Å². The van der Waals surface area contributed by atoms with Crippen molar-refractivity contribution in [3.63, 3.8) is 0 Å². The van der Waals surface area contributed by atoms with E-state index in [9.17, 15) is 4.79 Å². The van der Waals surface area contributed by atoms with Gasteiger partial charge in [-0.15, -0.1) is 0 Å². The van der Waals surface area contributed by atoms with E-state index in [1.54, 1.807) is 0 Å². The minimum Gasteiger partial charge on any atom is -0.349 e. The van der Waals surface area contributed by atoms with Gasteiger partial charge in [-0.25, -0.2) is 4.98 Å². The smallest absolute Gasteiger partial charge is 0.271 e. The van der Waals surface area contributed by atoms with Crippen molar-refractivity contribution in [1.29, 1.82) is 0 Å². The molecule has 14 heavy (non-hydrogen) atoms. The zero-order valence-electron chi connectivity index (χ0n) is 8.32. The Labute approximate surface area is 82.7 Å². The second-order valence-corrected chi connectivity index (χ2v) is 3.76. The highest BCUT2D eigenvalue weighted by molar-refractivity contribution is 5.91. The molecule has 1 aromatic rings. The summed E-state index contributed by atoms with van der Waals surface area (Å²) in [5.74, 6) is -0.253. The van der Waals surface area contributed by atoms with Crippen LogP contribution in [0.25, 0.3) is 0 Å². The molecular weight excluding hydrogens is 180 g/mol. The lowest BCUT2D eigenvalue weighted by molar-refractivity contribution is 0.0940. The van der Waals surface area contributed by atoms with Gasteiger partial charge >= 0.3 is 0 Å². The molecule has 5 nitrogen and oxygen atoms in total. The number of amides is 1. The number of hydrogen-bond donors (Lipinski definition) is 2. The molecule has 1 amide bonds. The number of nitrogens with zero attached hydrogens (tertiary/aromatic N) is 2. The van der Waals surface area contributed by atoms with Crippen LogP contribution in [0.5, 0.6) is 0 Å². The van der Waals surface area contributed by atoms with Crippen LogP contribution in [0.4, 0.5) is 0 Å². The zero-order valence-corrected chi connectivity index (χ0v) is 8.32. The largest absolute Gasteiger partial charge is 0.349 e. The molecule has 0 saturated heterocycles. The van der Waals surface area contributed by atoms with Crippen LogP contribution in [0.3, 0.4) is 0 Å². The fourth-order valence-electron chi connectivity index (χ4n) is 0.815. The number of carbonyl (C=O) groups is 1. The van der Waals surface area contributed by atoms with Gasteiger partial charge in [-0.2, -0.15) is 0 Å². The Morgan fingerprint density at radius 1 is 1.57 bits per heavy atom. The van der Waals surface area contributed by atoms with Gasteiger partial charge in [-0.1, -0.05) is 0 Å². The maximum atomic E-state index is 11.4. The third-order valence-electron chi connectivity index (χ3n) is 1.50. The minimum atomic E-state index is -0.419. The molecule has 0 radical (unpaired) electrons. The van der Waals surface area contributed by atoms with Crippen molar-refractivity contribution in [3.8, 4) is 0 Å². The number of carbonyl (C=O) groups excluding carboxylic acids is 1. The molecule has 0 aliphatic heterocycles. The van der Waals surface area contributed by atoms with E-state index in [4.69, 9.17) is 5.73 Å². The number of aromatic nitrogens is 2. The van der Waals surface area contributed by atoms with Crippen LogP contribution < -0.4 is 11.1 Å². The molecule has 5 heteroatoms. The van der Waals surface area contributed by atoms with Crippen molar-refractivity contribution in [1.82, 2.24) is 15.3 Å². The van der Waals surface area contributed by atoms with E-state index in [0.29, 0.717) is 12.2 Å². The SMILES string of the molecule is CC(C)(N)CNC(=O)c1cnccn1. The Hall–Kier alpha value is -1.49. The van der Waals surface area contributed by atoms with Gasteiger partial charge in [0, 0.05) is 24.5 Å². The predicted octanol–water partition coefficient (Wildman–Crippen LogP) is -0.0563. The fourth-order valence-corrected chi connectivity index (χ4v) is 0.815. The predicted molar refractivity (Wildman–Crippen MR) is 52.6 cm³/mol. The van der Waals surface area contributed by atoms with E-state index in [-0.39, 0.29) is 5.91 Å². The summed E-state index contributed by atoms with van der Waals surface area (Å²) in [4.78, 5) is 19.1. The number of rotatable bonds is 3. The van der Waals surface area contributed by atoms with E-state index >= 15 is 0 Å². The lowest BCUT2D eigenvalue weighted by Gasteiger charge is -2.18. The molecular formula is C9H14N4O. The van der Waals surface area contributed by atoms with Crippen LogP contribution in [0.2, 0.25) is 0 Å². The fraction of sp³-hybridized carbons (Fsp3) is 0.444. The first-order chi connectivity index (χ1) is 6.49. The Kier molecular flexibility index (Phi) is 3.14. The molecule has 0 unspecified atom stereocenters. The summed E-state index contributed by atoms with van der Waals surface area (Å²) in [5, 5.41) is 2.67. The Balaban J connectivity index is 2.52. The average Bonchev–Trinajstić information content (AvgIpc) is 2.14. The van der Waals surface area contributed by atoms with Gasteiger partial charge in [0.1, 0.15) is 5.69 Å². The molecule has 76 valence electrons. The van der Waals surface area contributed by atoms with Crippen molar-refractivity contribution in [2.75, 3.05) is 6.54 Å². The molecule has 1 rings (SSSR count). The van der Waals surface area contributed by atoms with Crippen LogP contribution in [-0.2, 0) is 0 Å². The molecule has 0 aliphatic carbocycles. The molecule has 0 fully saturated rings. The topological polar surface area (TPSA) is 80.9 Å². The molecule has 0 atom stereocenters. The zero-order chi connectivity index (χ0) is 10.6. The quantitative estimate of drug-likeness (QED) is 0.706. The van der Waals surface area contributed by atoms with Crippen molar-refractivity contribution in [2.45, 2.75) is 19.4 Å². The van der Waals surface area contributed by atoms with Gasteiger partial charge in [-0.3, -0.25) is 9.78 Å². The van der Waals surface area contributed by atoms with Crippen molar-refractivity contribution in [2.24, 2.45) is 5.73 Å². The van der Waals surface area contributed by atoms with Crippen LogP contribution >= 0.6 is 0 Å². The lowest BCUT2D eigenvalue weighted by atomic mass is 10.1. The summed E-state index contributed by atoms with van der Waals surface area (Å²) >= 11 is 0. The summed E-state index contributed by atoms with van der Waals surface area (Å²) in [6.07, 6.45) is 4.41. The van der Waals surface area contributed by atoms with Gasteiger partial charge in [0.05, 0.1) is 6.20 Å². The minimum absolute atomic E-state index is 0.253. The molecule has 1 aromatic heterocycles. The van der Waals surface area contributed by atoms with Gasteiger partial charge in [0.25, 0.3) is 5.91 Å². The van der Waals surface area contributed by atoms with Crippen molar-refractivity contribution in [3.05, 3.63) is 24.3 Å². The van der Waals surface area contributed by atoms with Gasteiger partial charge in [-0.05, 0) is 13.8 Å². The number of hydrogen-bond acceptors (Lipinski definition) is 4. The highest BCUT2D eigenvalue weighted by Crippen LogP contribution is 1.95. The highest BCUT2D eigenvalue weighted by Gasteiger charge is 2.13. The van der Waals surface area contributed by atoms with E-state index in [1.807, 2.05) is 13.8 Å². The summed E-state index contributed by atoms with van der Waals surface area (Å²) in [6, 6.07) is 0. The average molecular weight is 194 g/mol. The first-order valence-corrected chi connectivity index (χ1v) is 4.32. The first kappa shape index (κ1) is 10.6. The first-order valence-electron chi connectivity index (χ1n) is 4.32. The van der Waals surface area contributed by atoms with Crippen LogP contribution in [-0.4, -0.2) is 28.0 Å². The Morgan fingerprint density at radius 2 is 2.29 bits per heavy atom. The highest BCUT2D eigenvalue weighted by atomic mass is 16.1. The van der Waals surface area contributed by atoms with E-state index in [2.05, 4.69) is 15.3 Å². The van der Waals surface area contributed by atoms with Crippen molar-refractivity contribution >= 4 is 5.91 Å². The molecule has 0 aliphatic rings. The normalized spacial score (nSPS) is 11.1. The lowest BCUT2D eigenvalue weighted by Crippen LogP contribution is -2.45. The molecule has 3 N–H and O–H groups in total. The molecule has 0 saturated carbocycles. The summed E-state index contributed by atoms with van der Waals surface area (Å²) in [5.41, 5.74) is 5.59. The molecule has 0 bridgehead atoms. The van der Waals surface area contributed by atoms with E-state index < -0.39 is 5.54 Å². The van der Waals surface area contributed by atoms with E-state index in [0.717, 1.165) is 0 Å². The Bertz CT molecular complexity index is 304. The summed E-state index contributed by atoms with van der Waals surface area (Å²) in [7, 11) is 0. The summed E-state index contributed by atoms with van der Waals surface area (Å²) < 4.78 is 0. The van der Waals surface area contributed by atoms with Crippen LogP contribution in [0.15, 0.2) is 18.6 Å². The Morgan fingerprint density at radius 3 is 2.79 bits per heavy atom. The van der Waals surface area contributed by atoms with Crippen molar-refractivity contribution < 1.29 is 4.79 Å². The second kappa shape index (κ2) is 4.15. The monoisotopic (exact) mass is 194 g/mol. The molecule has 0 spiro atoms. The third kappa shape index (κ3) is 3.49.